The molecule has 64 heavy (non-hydrogen) atoms. The molecule has 1 heteroatoms. The highest BCUT2D eigenvalue weighted by molar-refractivity contribution is 6.16. The van der Waals surface area contributed by atoms with Gasteiger partial charge in [-0.05, 0) is 190 Å². The first kappa shape index (κ1) is 37.7. The Balaban J connectivity index is 1.03. The van der Waals surface area contributed by atoms with Crippen LogP contribution in [0.15, 0.2) is 218 Å². The minimum absolute atomic E-state index is 1.16. The van der Waals surface area contributed by atoms with Crippen molar-refractivity contribution in [1.82, 2.24) is 0 Å². The van der Waals surface area contributed by atoms with Crippen molar-refractivity contribution in [2.45, 2.75) is 20.8 Å². The lowest BCUT2D eigenvalue weighted by atomic mass is 9.91. The molecule has 0 spiro atoms. The van der Waals surface area contributed by atoms with Gasteiger partial charge < -0.3 is 4.90 Å². The molecule has 12 aromatic rings. The van der Waals surface area contributed by atoms with Crippen molar-refractivity contribution in [2.24, 2.45) is 0 Å². The highest BCUT2D eigenvalue weighted by Gasteiger charge is 2.22. The fourth-order valence-electron chi connectivity index (χ4n) is 10.5. The molecule has 0 aromatic heterocycles. The zero-order valence-electron chi connectivity index (χ0n) is 36.2. The molecular formula is C63H45N. The number of rotatable bonds is 6. The standard InChI is InChI=1S/C63H45N/c1-40-34-46(58-37-43-16-4-7-19-49(43)52-22-10-13-25-55(52)58)28-31-61(40)64(62-32-29-47(35-41(62)2)59-38-44-17-5-8-20-50(44)53-23-11-14-26-56(53)59)63-33-30-48(36-42(63)3)60-39-45-18-6-9-21-51(45)54-24-12-15-27-57(54)60/h4-39H,1-3H3. The topological polar surface area (TPSA) is 3.24 Å². The zero-order chi connectivity index (χ0) is 42.9. The van der Waals surface area contributed by atoms with Gasteiger partial charge in [-0.3, -0.25) is 0 Å². The van der Waals surface area contributed by atoms with Crippen molar-refractivity contribution in [3.05, 3.63) is 235 Å². The van der Waals surface area contributed by atoms with E-state index in [1.807, 2.05) is 0 Å². The van der Waals surface area contributed by atoms with Crippen LogP contribution in [-0.2, 0) is 0 Å². The third-order valence-corrected chi connectivity index (χ3v) is 13.6. The fourth-order valence-corrected chi connectivity index (χ4v) is 10.5. The van der Waals surface area contributed by atoms with Crippen molar-refractivity contribution in [2.75, 3.05) is 4.90 Å². The molecule has 12 aromatic carbocycles. The number of hydrogen-bond donors (Lipinski definition) is 0. The van der Waals surface area contributed by atoms with Gasteiger partial charge in [0.1, 0.15) is 0 Å². The second-order valence-corrected chi connectivity index (χ2v) is 17.4. The van der Waals surface area contributed by atoms with Crippen LogP contribution in [0, 0.1) is 20.8 Å². The van der Waals surface area contributed by atoms with E-state index in [4.69, 9.17) is 0 Å². The predicted octanol–water partition coefficient (Wildman–Crippen LogP) is 18.0. The number of fused-ring (bicyclic) bond motifs is 9. The lowest BCUT2D eigenvalue weighted by Gasteiger charge is -2.31. The monoisotopic (exact) mass is 815 g/mol. The van der Waals surface area contributed by atoms with Crippen molar-refractivity contribution in [3.63, 3.8) is 0 Å². The molecule has 0 heterocycles. The highest BCUT2D eigenvalue weighted by atomic mass is 15.1. The molecule has 12 rings (SSSR count). The summed E-state index contributed by atoms with van der Waals surface area (Å²) in [5.74, 6) is 0. The largest absolute Gasteiger partial charge is 0.310 e. The molecule has 1 nitrogen and oxygen atoms in total. The molecule has 0 amide bonds. The smallest absolute Gasteiger partial charge is 0.0491 e. The Kier molecular flexibility index (Phi) is 8.91. The lowest BCUT2D eigenvalue weighted by Crippen LogP contribution is -2.14. The molecular weight excluding hydrogens is 771 g/mol. The number of aryl methyl sites for hydroxylation is 3. The van der Waals surface area contributed by atoms with Crippen molar-refractivity contribution >= 4 is 81.7 Å². The van der Waals surface area contributed by atoms with E-state index < -0.39 is 0 Å². The van der Waals surface area contributed by atoms with Gasteiger partial charge in [0.05, 0.1) is 0 Å². The third-order valence-electron chi connectivity index (χ3n) is 13.6. The van der Waals surface area contributed by atoms with Crippen LogP contribution in [0.3, 0.4) is 0 Å². The first-order valence-electron chi connectivity index (χ1n) is 22.3. The second-order valence-electron chi connectivity index (χ2n) is 17.4. The highest BCUT2D eigenvalue weighted by Crippen LogP contribution is 2.46. The van der Waals surface area contributed by atoms with Crippen molar-refractivity contribution < 1.29 is 0 Å². The summed E-state index contributed by atoms with van der Waals surface area (Å²) < 4.78 is 0. The van der Waals surface area contributed by atoms with Gasteiger partial charge in [0.25, 0.3) is 0 Å². The molecule has 0 radical (unpaired) electrons. The number of hydrogen-bond acceptors (Lipinski definition) is 1. The van der Waals surface area contributed by atoms with Crippen LogP contribution in [0.25, 0.3) is 98.0 Å². The van der Waals surface area contributed by atoms with Gasteiger partial charge in [-0.25, -0.2) is 0 Å². The average Bonchev–Trinajstić information content (AvgIpc) is 3.34. The van der Waals surface area contributed by atoms with Crippen LogP contribution in [0.4, 0.5) is 17.1 Å². The fraction of sp³-hybridized carbons (Fsp3) is 0.0476. The Morgan fingerprint density at radius 2 is 0.484 bits per heavy atom. The van der Waals surface area contributed by atoms with E-state index in [1.165, 1.54) is 115 Å². The molecule has 0 N–H and O–H groups in total. The zero-order valence-corrected chi connectivity index (χ0v) is 36.2. The van der Waals surface area contributed by atoms with Crippen LogP contribution in [0.1, 0.15) is 16.7 Å². The average molecular weight is 816 g/mol. The lowest BCUT2D eigenvalue weighted by molar-refractivity contribution is 1.21. The predicted molar refractivity (Wildman–Crippen MR) is 277 cm³/mol. The maximum Gasteiger partial charge on any atom is 0.0491 e. The third kappa shape index (κ3) is 6.15. The second kappa shape index (κ2) is 15.1. The maximum absolute atomic E-state index is 2.49. The minimum Gasteiger partial charge on any atom is -0.310 e. The summed E-state index contributed by atoms with van der Waals surface area (Å²) in [7, 11) is 0. The summed E-state index contributed by atoms with van der Waals surface area (Å²) in [6.45, 7) is 6.81. The Labute approximate surface area is 374 Å². The molecule has 0 aliphatic rings. The van der Waals surface area contributed by atoms with Crippen LogP contribution in [0.5, 0.6) is 0 Å². The van der Waals surface area contributed by atoms with Crippen LogP contribution >= 0.6 is 0 Å². The first-order chi connectivity index (χ1) is 31.5. The van der Waals surface area contributed by atoms with Crippen LogP contribution in [0.2, 0.25) is 0 Å². The normalized spacial score (nSPS) is 11.7. The Morgan fingerprint density at radius 1 is 0.234 bits per heavy atom. The summed E-state index contributed by atoms with van der Waals surface area (Å²) in [5, 5.41) is 15.3. The van der Waals surface area contributed by atoms with Gasteiger partial charge in [-0.2, -0.15) is 0 Å². The number of benzene rings is 12. The van der Waals surface area contributed by atoms with Gasteiger partial charge in [-0.15, -0.1) is 0 Å². The summed E-state index contributed by atoms with van der Waals surface area (Å²) in [5.41, 5.74) is 14.5. The number of nitrogens with zero attached hydrogens (tertiary/aromatic N) is 1. The molecule has 0 bridgehead atoms. The van der Waals surface area contributed by atoms with E-state index in [9.17, 15) is 0 Å². The van der Waals surface area contributed by atoms with E-state index >= 15 is 0 Å². The molecule has 0 atom stereocenters. The van der Waals surface area contributed by atoms with Gasteiger partial charge >= 0.3 is 0 Å². The summed E-state index contributed by atoms with van der Waals surface area (Å²) >= 11 is 0. The molecule has 0 aliphatic carbocycles. The van der Waals surface area contributed by atoms with E-state index in [1.54, 1.807) is 0 Å². The van der Waals surface area contributed by atoms with E-state index in [0.717, 1.165) is 17.1 Å². The molecule has 302 valence electrons. The SMILES string of the molecule is Cc1cc(-c2cc3ccccc3c3ccccc23)ccc1N(c1ccc(-c2cc3ccccc3c3ccccc23)cc1C)c1ccc(-c2cc3ccccc3c3ccccc23)cc1C. The van der Waals surface area contributed by atoms with Gasteiger partial charge in [-0.1, -0.05) is 164 Å². The summed E-state index contributed by atoms with van der Waals surface area (Å²) in [6, 6.07) is 80.9. The molecule has 0 aliphatic heterocycles. The van der Waals surface area contributed by atoms with E-state index in [2.05, 4.69) is 244 Å². The minimum atomic E-state index is 1.16. The van der Waals surface area contributed by atoms with Crippen LogP contribution in [-0.4, -0.2) is 0 Å². The van der Waals surface area contributed by atoms with Gasteiger partial charge in [0, 0.05) is 17.1 Å². The Morgan fingerprint density at radius 3 is 0.766 bits per heavy atom. The Bertz CT molecular complexity index is 3430. The first-order valence-corrected chi connectivity index (χ1v) is 22.3. The Hall–Kier alpha value is -8.00. The van der Waals surface area contributed by atoms with Crippen molar-refractivity contribution in [1.29, 1.82) is 0 Å². The maximum atomic E-state index is 2.49. The molecule has 0 saturated heterocycles. The summed E-state index contributed by atoms with van der Waals surface area (Å²) in [6.07, 6.45) is 0. The van der Waals surface area contributed by atoms with Crippen molar-refractivity contribution in [3.8, 4) is 33.4 Å². The van der Waals surface area contributed by atoms with Crippen LogP contribution < -0.4 is 4.90 Å². The van der Waals surface area contributed by atoms with Gasteiger partial charge in [0.2, 0.25) is 0 Å². The molecule has 0 saturated carbocycles. The van der Waals surface area contributed by atoms with Gasteiger partial charge in [0.15, 0.2) is 0 Å². The molecule has 0 unspecified atom stereocenters. The van der Waals surface area contributed by atoms with E-state index in [0.29, 0.717) is 0 Å². The molecule has 0 fully saturated rings. The number of anilines is 3. The quantitative estimate of drug-likeness (QED) is 0.151. The van der Waals surface area contributed by atoms with E-state index in [-0.39, 0.29) is 0 Å². The summed E-state index contributed by atoms with van der Waals surface area (Å²) in [4.78, 5) is 2.49.